The maximum absolute atomic E-state index is 11.2. The monoisotopic (exact) mass is 278 g/mol. The number of aromatic nitrogens is 1. The summed E-state index contributed by atoms with van der Waals surface area (Å²) in [6.07, 6.45) is 3.00. The zero-order valence-corrected chi connectivity index (χ0v) is 12.0. The predicted octanol–water partition coefficient (Wildman–Crippen LogP) is 2.48. The summed E-state index contributed by atoms with van der Waals surface area (Å²) in [5.41, 5.74) is 1.21. The molecule has 0 atom stereocenters. The molecule has 5 nitrogen and oxygen atoms in total. The summed E-state index contributed by atoms with van der Waals surface area (Å²) >= 11 is 0. The molecule has 5 heteroatoms. The number of nitrogens with zero attached hydrogens (tertiary/aromatic N) is 1. The van der Waals surface area contributed by atoms with Crippen LogP contribution in [0.4, 0.5) is 5.82 Å². The first kappa shape index (κ1) is 14.8. The molecule has 0 bridgehead atoms. The van der Waals surface area contributed by atoms with Gasteiger partial charge in [0.2, 0.25) is 0 Å². The lowest BCUT2D eigenvalue weighted by atomic mass is 10.0. The Morgan fingerprint density at radius 2 is 2.15 bits per heavy atom. The molecule has 0 aliphatic heterocycles. The van der Waals surface area contributed by atoms with Crippen LogP contribution in [0.2, 0.25) is 0 Å². The Balaban J connectivity index is 2.12. The highest BCUT2D eigenvalue weighted by Crippen LogP contribution is 2.48. The van der Waals surface area contributed by atoms with E-state index in [0.29, 0.717) is 5.82 Å². The van der Waals surface area contributed by atoms with Crippen molar-refractivity contribution in [3.05, 3.63) is 23.4 Å². The number of aliphatic hydroxyl groups excluding tert-OH is 1. The van der Waals surface area contributed by atoms with E-state index in [1.165, 1.54) is 0 Å². The number of carboxylic acids is 1. The molecule has 3 N–H and O–H groups in total. The molecule has 0 radical (unpaired) electrons. The van der Waals surface area contributed by atoms with E-state index in [4.69, 9.17) is 10.2 Å². The van der Waals surface area contributed by atoms with Crippen LogP contribution >= 0.6 is 0 Å². The second-order valence-electron chi connectivity index (χ2n) is 5.95. The molecule has 1 saturated carbocycles. The van der Waals surface area contributed by atoms with Crippen LogP contribution in [0.25, 0.3) is 0 Å². The van der Waals surface area contributed by atoms with Crippen LogP contribution in [-0.4, -0.2) is 34.3 Å². The third-order valence-corrected chi connectivity index (χ3v) is 3.93. The van der Waals surface area contributed by atoms with Crippen molar-refractivity contribution in [2.45, 2.75) is 39.0 Å². The third kappa shape index (κ3) is 3.48. The topological polar surface area (TPSA) is 82.5 Å². The molecule has 1 aromatic heterocycles. The van der Waals surface area contributed by atoms with Crippen molar-refractivity contribution in [1.82, 2.24) is 4.98 Å². The molecule has 0 saturated heterocycles. The molecule has 0 unspecified atom stereocenters. The van der Waals surface area contributed by atoms with Gasteiger partial charge >= 0.3 is 5.97 Å². The first-order chi connectivity index (χ1) is 9.46. The number of rotatable bonds is 7. The number of aromatic carboxylic acids is 1. The van der Waals surface area contributed by atoms with Crippen LogP contribution in [0.1, 0.15) is 55.1 Å². The fourth-order valence-corrected chi connectivity index (χ4v) is 2.27. The number of hydrogen-bond donors (Lipinski definition) is 3. The van der Waals surface area contributed by atoms with E-state index in [9.17, 15) is 4.79 Å². The standard InChI is InChI=1S/C15H22N2O3/c1-10(2)12-7-11(14(19)20)8-13(17-12)16-9-15(3-4-15)5-6-18/h7-8,10,18H,3-6,9H2,1-2H3,(H,16,17)(H,19,20). The average Bonchev–Trinajstić information content (AvgIpc) is 3.17. The zero-order valence-electron chi connectivity index (χ0n) is 12.0. The highest BCUT2D eigenvalue weighted by atomic mass is 16.4. The van der Waals surface area contributed by atoms with E-state index >= 15 is 0 Å². The lowest BCUT2D eigenvalue weighted by molar-refractivity contribution is 0.0696. The van der Waals surface area contributed by atoms with Gasteiger partial charge in [-0.1, -0.05) is 13.8 Å². The smallest absolute Gasteiger partial charge is 0.335 e. The second-order valence-corrected chi connectivity index (χ2v) is 5.95. The number of carbonyl (C=O) groups is 1. The lowest BCUT2D eigenvalue weighted by Gasteiger charge is -2.16. The van der Waals surface area contributed by atoms with E-state index in [2.05, 4.69) is 10.3 Å². The van der Waals surface area contributed by atoms with Gasteiger partial charge in [-0.3, -0.25) is 0 Å². The molecule has 1 aliphatic rings. The minimum absolute atomic E-state index is 0.174. The first-order valence-electron chi connectivity index (χ1n) is 7.06. The number of carboxylic acid groups (broad SMARTS) is 1. The Morgan fingerprint density at radius 1 is 1.45 bits per heavy atom. The fraction of sp³-hybridized carbons (Fsp3) is 0.600. The normalized spacial score (nSPS) is 16.2. The van der Waals surface area contributed by atoms with E-state index in [1.807, 2.05) is 13.8 Å². The van der Waals surface area contributed by atoms with Crippen LogP contribution in [0.5, 0.6) is 0 Å². The van der Waals surface area contributed by atoms with Crippen LogP contribution in [0, 0.1) is 5.41 Å². The molecular weight excluding hydrogens is 256 g/mol. The SMILES string of the molecule is CC(C)c1cc(C(=O)O)cc(NCC2(CCO)CC2)n1. The van der Waals surface area contributed by atoms with Gasteiger partial charge in [-0.25, -0.2) is 9.78 Å². The van der Waals surface area contributed by atoms with E-state index in [0.717, 1.165) is 31.5 Å². The first-order valence-corrected chi connectivity index (χ1v) is 7.06. The molecule has 2 rings (SSSR count). The van der Waals surface area contributed by atoms with Crippen molar-refractivity contribution in [3.8, 4) is 0 Å². The summed E-state index contributed by atoms with van der Waals surface area (Å²) in [7, 11) is 0. The highest BCUT2D eigenvalue weighted by Gasteiger charge is 2.41. The number of pyridine rings is 1. The number of hydrogen-bond acceptors (Lipinski definition) is 4. The molecular formula is C15H22N2O3. The predicted molar refractivity (Wildman–Crippen MR) is 77.1 cm³/mol. The minimum Gasteiger partial charge on any atom is -0.478 e. The molecule has 0 amide bonds. The van der Waals surface area contributed by atoms with Crippen molar-refractivity contribution in [2.24, 2.45) is 5.41 Å². The van der Waals surface area contributed by atoms with Gasteiger partial charge in [0.25, 0.3) is 0 Å². The average molecular weight is 278 g/mol. The molecule has 20 heavy (non-hydrogen) atoms. The lowest BCUT2D eigenvalue weighted by Crippen LogP contribution is -2.18. The third-order valence-electron chi connectivity index (χ3n) is 3.93. The second kappa shape index (κ2) is 5.79. The molecule has 0 spiro atoms. The summed E-state index contributed by atoms with van der Waals surface area (Å²) in [5.74, 6) is -0.145. The van der Waals surface area contributed by atoms with Crippen molar-refractivity contribution in [2.75, 3.05) is 18.5 Å². The van der Waals surface area contributed by atoms with E-state index in [-0.39, 0.29) is 23.5 Å². The van der Waals surface area contributed by atoms with Crippen molar-refractivity contribution < 1.29 is 15.0 Å². The number of anilines is 1. The van der Waals surface area contributed by atoms with Crippen molar-refractivity contribution in [3.63, 3.8) is 0 Å². The molecule has 1 fully saturated rings. The maximum atomic E-state index is 11.2. The van der Waals surface area contributed by atoms with Gasteiger partial charge in [0, 0.05) is 18.8 Å². The van der Waals surface area contributed by atoms with E-state index < -0.39 is 5.97 Å². The molecule has 110 valence electrons. The van der Waals surface area contributed by atoms with Crippen molar-refractivity contribution in [1.29, 1.82) is 0 Å². The summed E-state index contributed by atoms with van der Waals surface area (Å²) in [6, 6.07) is 3.20. The maximum Gasteiger partial charge on any atom is 0.335 e. The summed E-state index contributed by atoms with van der Waals surface area (Å²) < 4.78 is 0. The quantitative estimate of drug-likeness (QED) is 0.713. The van der Waals surface area contributed by atoms with Crippen LogP contribution < -0.4 is 5.32 Å². The van der Waals surface area contributed by atoms with Gasteiger partial charge in [0.1, 0.15) is 5.82 Å². The van der Waals surface area contributed by atoms with Gasteiger partial charge in [-0.05, 0) is 42.7 Å². The highest BCUT2D eigenvalue weighted by molar-refractivity contribution is 5.88. The Labute approximate surface area is 119 Å². The summed E-state index contributed by atoms with van der Waals surface area (Å²) in [4.78, 5) is 15.6. The Bertz CT molecular complexity index is 496. The molecule has 1 heterocycles. The van der Waals surface area contributed by atoms with Gasteiger partial charge in [0.05, 0.1) is 5.56 Å². The fourth-order valence-electron chi connectivity index (χ4n) is 2.27. The Morgan fingerprint density at radius 3 is 2.65 bits per heavy atom. The van der Waals surface area contributed by atoms with Crippen LogP contribution in [0.3, 0.4) is 0 Å². The largest absolute Gasteiger partial charge is 0.478 e. The van der Waals surface area contributed by atoms with Crippen molar-refractivity contribution >= 4 is 11.8 Å². The number of aliphatic hydroxyl groups is 1. The Kier molecular flexibility index (Phi) is 4.28. The molecule has 1 aliphatic carbocycles. The molecule has 1 aromatic rings. The van der Waals surface area contributed by atoms with Gasteiger partial charge in [-0.2, -0.15) is 0 Å². The van der Waals surface area contributed by atoms with E-state index in [1.54, 1.807) is 12.1 Å². The van der Waals surface area contributed by atoms with Gasteiger partial charge < -0.3 is 15.5 Å². The zero-order chi connectivity index (χ0) is 14.8. The summed E-state index contributed by atoms with van der Waals surface area (Å²) in [5, 5.41) is 21.4. The summed E-state index contributed by atoms with van der Waals surface area (Å²) in [6.45, 7) is 4.92. The van der Waals surface area contributed by atoms with Gasteiger partial charge in [-0.15, -0.1) is 0 Å². The Hall–Kier alpha value is -1.62. The van der Waals surface area contributed by atoms with Crippen LogP contribution in [0.15, 0.2) is 12.1 Å². The number of nitrogens with one attached hydrogen (secondary N) is 1. The molecule has 0 aromatic carbocycles. The minimum atomic E-state index is -0.936. The van der Waals surface area contributed by atoms with Gasteiger partial charge in [0.15, 0.2) is 0 Å². The van der Waals surface area contributed by atoms with Crippen LogP contribution in [-0.2, 0) is 0 Å².